The highest BCUT2D eigenvalue weighted by Gasteiger charge is 2.10. The Kier molecular flexibility index (Phi) is 6.29. The molecule has 0 spiro atoms. The molecule has 0 bridgehead atoms. The number of hydrogen-bond donors (Lipinski definition) is 1. The van der Waals surface area contributed by atoms with Crippen molar-refractivity contribution in [3.05, 3.63) is 64.4 Å². The largest absolute Gasteiger partial charge is 0.352 e. The second-order valence-electron chi connectivity index (χ2n) is 5.12. The Balaban J connectivity index is 1.75. The third-order valence-corrected chi connectivity index (χ3v) is 3.85. The summed E-state index contributed by atoms with van der Waals surface area (Å²) < 4.78 is 0.918. The first kappa shape index (κ1) is 17.1. The minimum absolute atomic E-state index is 0.0158. The van der Waals surface area contributed by atoms with Crippen LogP contribution in [0.5, 0.6) is 0 Å². The van der Waals surface area contributed by atoms with Crippen LogP contribution >= 0.6 is 15.9 Å². The van der Waals surface area contributed by atoms with Gasteiger partial charge in [-0.1, -0.05) is 15.9 Å². The topological polar surface area (TPSA) is 62.3 Å². The molecule has 5 nitrogen and oxygen atoms in total. The molecule has 1 N–H and O–H groups in total. The standard InChI is InChI=1S/C17H18BrN3O2/c1-21(12-13-6-9-19-10-7-13)16(22)8-11-20-17(23)14-2-4-15(18)5-3-14/h2-7,9-10H,8,11-12H2,1H3,(H,20,23). The lowest BCUT2D eigenvalue weighted by atomic mass is 10.2. The van der Waals surface area contributed by atoms with Gasteiger partial charge in [-0.3, -0.25) is 14.6 Å². The molecule has 0 aliphatic carbocycles. The number of benzene rings is 1. The van der Waals surface area contributed by atoms with Gasteiger partial charge in [-0.2, -0.15) is 0 Å². The zero-order chi connectivity index (χ0) is 16.7. The van der Waals surface area contributed by atoms with Gasteiger partial charge in [-0.25, -0.2) is 0 Å². The van der Waals surface area contributed by atoms with E-state index in [0.29, 0.717) is 18.7 Å². The molecule has 0 unspecified atom stereocenters. The lowest BCUT2D eigenvalue weighted by Crippen LogP contribution is -2.31. The lowest BCUT2D eigenvalue weighted by molar-refractivity contribution is -0.130. The molecule has 0 radical (unpaired) electrons. The molecule has 0 fully saturated rings. The quantitative estimate of drug-likeness (QED) is 0.843. The first-order valence-electron chi connectivity index (χ1n) is 7.23. The van der Waals surface area contributed by atoms with Gasteiger partial charge in [-0.05, 0) is 42.0 Å². The van der Waals surface area contributed by atoms with E-state index in [1.165, 1.54) is 0 Å². The number of nitrogens with zero attached hydrogens (tertiary/aromatic N) is 2. The number of rotatable bonds is 6. The molecule has 1 heterocycles. The van der Waals surface area contributed by atoms with E-state index in [2.05, 4.69) is 26.2 Å². The van der Waals surface area contributed by atoms with E-state index in [1.54, 1.807) is 36.5 Å². The van der Waals surface area contributed by atoms with Crippen molar-refractivity contribution >= 4 is 27.7 Å². The van der Waals surface area contributed by atoms with E-state index < -0.39 is 0 Å². The van der Waals surface area contributed by atoms with Crippen molar-refractivity contribution in [2.45, 2.75) is 13.0 Å². The van der Waals surface area contributed by atoms with Crippen molar-refractivity contribution in [2.24, 2.45) is 0 Å². The molecule has 0 aliphatic heterocycles. The normalized spacial score (nSPS) is 10.2. The van der Waals surface area contributed by atoms with E-state index in [-0.39, 0.29) is 18.2 Å². The van der Waals surface area contributed by atoms with Crippen molar-refractivity contribution in [1.29, 1.82) is 0 Å². The van der Waals surface area contributed by atoms with Crippen LogP contribution in [-0.4, -0.2) is 35.3 Å². The number of carbonyl (C=O) groups is 2. The highest BCUT2D eigenvalue weighted by molar-refractivity contribution is 9.10. The molecule has 2 aromatic rings. The molecule has 0 saturated carbocycles. The molecule has 1 aromatic heterocycles. The SMILES string of the molecule is CN(Cc1ccncc1)C(=O)CCNC(=O)c1ccc(Br)cc1. The first-order valence-corrected chi connectivity index (χ1v) is 8.02. The lowest BCUT2D eigenvalue weighted by Gasteiger charge is -2.17. The third-order valence-electron chi connectivity index (χ3n) is 3.33. The molecule has 1 aromatic carbocycles. The van der Waals surface area contributed by atoms with Gasteiger partial charge in [-0.15, -0.1) is 0 Å². The minimum atomic E-state index is -0.179. The van der Waals surface area contributed by atoms with Crippen LogP contribution in [0.1, 0.15) is 22.3 Å². The van der Waals surface area contributed by atoms with E-state index >= 15 is 0 Å². The van der Waals surface area contributed by atoms with E-state index in [9.17, 15) is 9.59 Å². The zero-order valence-corrected chi connectivity index (χ0v) is 14.4. The van der Waals surface area contributed by atoms with Crippen molar-refractivity contribution in [3.8, 4) is 0 Å². The van der Waals surface area contributed by atoms with Crippen molar-refractivity contribution < 1.29 is 9.59 Å². The van der Waals surface area contributed by atoms with Crippen molar-refractivity contribution in [1.82, 2.24) is 15.2 Å². The van der Waals surface area contributed by atoms with Crippen LogP contribution in [0, 0.1) is 0 Å². The molecule has 0 saturated heterocycles. The highest BCUT2D eigenvalue weighted by atomic mass is 79.9. The maximum absolute atomic E-state index is 12.1. The van der Waals surface area contributed by atoms with Crippen molar-refractivity contribution in [2.75, 3.05) is 13.6 Å². The number of halogens is 1. The van der Waals surface area contributed by atoms with Gasteiger partial charge < -0.3 is 10.2 Å². The number of amides is 2. The van der Waals surface area contributed by atoms with Crippen LogP contribution in [0.2, 0.25) is 0 Å². The van der Waals surface area contributed by atoms with Gasteiger partial charge >= 0.3 is 0 Å². The van der Waals surface area contributed by atoms with Crippen LogP contribution in [0.3, 0.4) is 0 Å². The summed E-state index contributed by atoms with van der Waals surface area (Å²) in [6.07, 6.45) is 3.67. The number of nitrogens with one attached hydrogen (secondary N) is 1. The molecular formula is C17H18BrN3O2. The number of hydrogen-bond acceptors (Lipinski definition) is 3. The zero-order valence-electron chi connectivity index (χ0n) is 12.8. The second kappa shape index (κ2) is 8.43. The fourth-order valence-corrected chi connectivity index (χ4v) is 2.29. The predicted molar refractivity (Wildman–Crippen MR) is 91.8 cm³/mol. The predicted octanol–water partition coefficient (Wildman–Crippen LogP) is 2.62. The molecule has 2 rings (SSSR count). The molecule has 2 amide bonds. The Labute approximate surface area is 143 Å². The molecule has 120 valence electrons. The molecule has 0 atom stereocenters. The van der Waals surface area contributed by atoms with Gasteiger partial charge in [0.15, 0.2) is 0 Å². The number of aromatic nitrogens is 1. The first-order chi connectivity index (χ1) is 11.1. The Morgan fingerprint density at radius 3 is 2.43 bits per heavy atom. The molecule has 23 heavy (non-hydrogen) atoms. The molecular weight excluding hydrogens is 358 g/mol. The van der Waals surface area contributed by atoms with Crippen LogP contribution < -0.4 is 5.32 Å². The Morgan fingerprint density at radius 2 is 1.78 bits per heavy atom. The highest BCUT2D eigenvalue weighted by Crippen LogP contribution is 2.10. The van der Waals surface area contributed by atoms with Gasteiger partial charge in [0, 0.05) is 49.0 Å². The fourth-order valence-electron chi connectivity index (χ4n) is 2.03. The van der Waals surface area contributed by atoms with Gasteiger partial charge in [0.1, 0.15) is 0 Å². The average molecular weight is 376 g/mol. The van der Waals surface area contributed by atoms with Crippen LogP contribution in [0.15, 0.2) is 53.3 Å². The van der Waals surface area contributed by atoms with Gasteiger partial charge in [0.05, 0.1) is 0 Å². The van der Waals surface area contributed by atoms with Crippen LogP contribution in [0.25, 0.3) is 0 Å². The maximum Gasteiger partial charge on any atom is 0.251 e. The van der Waals surface area contributed by atoms with Crippen molar-refractivity contribution in [3.63, 3.8) is 0 Å². The summed E-state index contributed by atoms with van der Waals surface area (Å²) >= 11 is 3.32. The van der Waals surface area contributed by atoms with Crippen LogP contribution in [-0.2, 0) is 11.3 Å². The third kappa shape index (κ3) is 5.49. The van der Waals surface area contributed by atoms with E-state index in [0.717, 1.165) is 10.0 Å². The van der Waals surface area contributed by atoms with E-state index in [4.69, 9.17) is 0 Å². The summed E-state index contributed by atoms with van der Waals surface area (Å²) in [6.45, 7) is 0.844. The minimum Gasteiger partial charge on any atom is -0.352 e. The van der Waals surface area contributed by atoms with Gasteiger partial charge in [0.25, 0.3) is 5.91 Å². The summed E-state index contributed by atoms with van der Waals surface area (Å²) in [5.41, 5.74) is 1.60. The summed E-state index contributed by atoms with van der Waals surface area (Å²) in [5.74, 6) is -0.194. The Hall–Kier alpha value is -2.21. The summed E-state index contributed by atoms with van der Waals surface area (Å²) in [4.78, 5) is 29.6. The van der Waals surface area contributed by atoms with Crippen LogP contribution in [0.4, 0.5) is 0 Å². The van der Waals surface area contributed by atoms with Gasteiger partial charge in [0.2, 0.25) is 5.91 Å². The summed E-state index contributed by atoms with van der Waals surface area (Å²) in [7, 11) is 1.75. The molecule has 6 heteroatoms. The van der Waals surface area contributed by atoms with E-state index in [1.807, 2.05) is 24.3 Å². The monoisotopic (exact) mass is 375 g/mol. The number of pyridine rings is 1. The smallest absolute Gasteiger partial charge is 0.251 e. The second-order valence-corrected chi connectivity index (χ2v) is 6.03. The average Bonchev–Trinajstić information content (AvgIpc) is 2.56. The summed E-state index contributed by atoms with van der Waals surface area (Å²) in [5, 5.41) is 2.76. The maximum atomic E-state index is 12.1. The summed E-state index contributed by atoms with van der Waals surface area (Å²) in [6, 6.07) is 10.8. The Morgan fingerprint density at radius 1 is 1.13 bits per heavy atom. The Bertz CT molecular complexity index is 659. The molecule has 0 aliphatic rings. The number of carbonyl (C=O) groups excluding carboxylic acids is 2. The fraction of sp³-hybridized carbons (Fsp3) is 0.235.